The van der Waals surface area contributed by atoms with Crippen LogP contribution in [0, 0.1) is 0 Å². The molecule has 18 heavy (non-hydrogen) atoms. The highest BCUT2D eigenvalue weighted by Crippen LogP contribution is 2.24. The monoisotopic (exact) mass is 246 g/mol. The van der Waals surface area contributed by atoms with E-state index in [2.05, 4.69) is 5.10 Å². The molecule has 1 heterocycles. The lowest BCUT2D eigenvalue weighted by atomic mass is 10.1. The third kappa shape index (κ3) is 2.90. The van der Waals surface area contributed by atoms with Crippen molar-refractivity contribution in [2.45, 2.75) is 19.4 Å². The summed E-state index contributed by atoms with van der Waals surface area (Å²) in [5.41, 5.74) is 1.95. The Hall–Kier alpha value is -1.81. The van der Waals surface area contributed by atoms with Crippen molar-refractivity contribution in [2.75, 3.05) is 6.61 Å². The summed E-state index contributed by atoms with van der Waals surface area (Å²) in [5, 5.41) is 13.7. The number of ether oxygens (including phenoxy) is 1. The highest BCUT2D eigenvalue weighted by atomic mass is 16.5. The molecule has 4 heteroatoms. The van der Waals surface area contributed by atoms with Crippen LogP contribution < -0.4 is 4.74 Å². The average molecular weight is 246 g/mol. The van der Waals surface area contributed by atoms with Gasteiger partial charge in [0.2, 0.25) is 0 Å². The van der Waals surface area contributed by atoms with Gasteiger partial charge in [0.15, 0.2) is 0 Å². The molecular formula is C14H18N2O2. The molecule has 0 fully saturated rings. The van der Waals surface area contributed by atoms with E-state index in [1.54, 1.807) is 13.1 Å². The Balaban J connectivity index is 1.96. The number of hydrogen-bond acceptors (Lipinski definition) is 3. The van der Waals surface area contributed by atoms with Crippen LogP contribution >= 0.6 is 0 Å². The molecule has 2 aromatic rings. The second-order valence-corrected chi connectivity index (χ2v) is 4.26. The molecule has 0 bridgehead atoms. The van der Waals surface area contributed by atoms with E-state index in [-0.39, 0.29) is 0 Å². The number of aromatic nitrogens is 2. The maximum absolute atomic E-state index is 9.64. The van der Waals surface area contributed by atoms with Crippen molar-refractivity contribution in [3.63, 3.8) is 0 Å². The van der Waals surface area contributed by atoms with Crippen LogP contribution in [0.3, 0.4) is 0 Å². The van der Waals surface area contributed by atoms with E-state index in [0.29, 0.717) is 6.61 Å². The highest BCUT2D eigenvalue weighted by molar-refractivity contribution is 5.34. The first-order chi connectivity index (χ1) is 8.68. The van der Waals surface area contributed by atoms with Gasteiger partial charge < -0.3 is 9.84 Å². The predicted molar refractivity (Wildman–Crippen MR) is 69.5 cm³/mol. The van der Waals surface area contributed by atoms with Crippen molar-refractivity contribution in [3.8, 4) is 5.75 Å². The van der Waals surface area contributed by atoms with Crippen molar-refractivity contribution >= 4 is 0 Å². The quantitative estimate of drug-likeness (QED) is 0.878. The van der Waals surface area contributed by atoms with Crippen LogP contribution in [0.25, 0.3) is 0 Å². The minimum Gasteiger partial charge on any atom is -0.493 e. The second kappa shape index (κ2) is 5.69. The number of aryl methyl sites for hydroxylation is 1. The summed E-state index contributed by atoms with van der Waals surface area (Å²) in [6, 6.07) is 9.54. The lowest BCUT2D eigenvalue weighted by Crippen LogP contribution is -2.07. The van der Waals surface area contributed by atoms with Gasteiger partial charge >= 0.3 is 0 Å². The Labute approximate surface area is 107 Å². The fourth-order valence-electron chi connectivity index (χ4n) is 1.87. The van der Waals surface area contributed by atoms with Gasteiger partial charge in [0, 0.05) is 30.9 Å². The number of nitrogens with zero attached hydrogens (tertiary/aromatic N) is 2. The Morgan fingerprint density at radius 3 is 2.78 bits per heavy atom. The number of aliphatic hydroxyl groups is 1. The van der Waals surface area contributed by atoms with Crippen LogP contribution in [0.1, 0.15) is 24.3 Å². The number of para-hydroxylation sites is 1. The first-order valence-electron chi connectivity index (χ1n) is 6.05. The molecule has 0 spiro atoms. The SMILES string of the molecule is C[C@@H](O)c1ccccc1OCCc1ccnn1C. The molecule has 0 aliphatic carbocycles. The third-order valence-electron chi connectivity index (χ3n) is 2.91. The van der Waals surface area contributed by atoms with E-state index >= 15 is 0 Å². The molecule has 96 valence electrons. The van der Waals surface area contributed by atoms with Crippen molar-refractivity contribution in [3.05, 3.63) is 47.8 Å². The van der Waals surface area contributed by atoms with Crippen LogP contribution in [0.4, 0.5) is 0 Å². The first-order valence-corrected chi connectivity index (χ1v) is 6.05. The molecule has 2 rings (SSSR count). The van der Waals surface area contributed by atoms with E-state index in [9.17, 15) is 5.11 Å². The van der Waals surface area contributed by atoms with Gasteiger partial charge in [0.25, 0.3) is 0 Å². The normalized spacial score (nSPS) is 12.4. The molecule has 4 nitrogen and oxygen atoms in total. The summed E-state index contributed by atoms with van der Waals surface area (Å²) in [5.74, 6) is 0.745. The Morgan fingerprint density at radius 2 is 2.11 bits per heavy atom. The standard InChI is InChI=1S/C14H18N2O2/c1-11(17)13-5-3-4-6-14(13)18-10-8-12-7-9-15-16(12)2/h3-7,9,11,17H,8,10H2,1-2H3/t11-/m1/s1. The number of hydrogen-bond donors (Lipinski definition) is 1. The fourth-order valence-corrected chi connectivity index (χ4v) is 1.87. The molecule has 0 aliphatic rings. The molecule has 0 unspecified atom stereocenters. The zero-order valence-corrected chi connectivity index (χ0v) is 10.7. The van der Waals surface area contributed by atoms with E-state index in [4.69, 9.17) is 4.74 Å². The van der Waals surface area contributed by atoms with Crippen LogP contribution in [0.5, 0.6) is 5.75 Å². The molecule has 0 saturated heterocycles. The maximum atomic E-state index is 9.64. The summed E-state index contributed by atoms with van der Waals surface area (Å²) >= 11 is 0. The van der Waals surface area contributed by atoms with Gasteiger partial charge in [0.1, 0.15) is 5.75 Å². The van der Waals surface area contributed by atoms with E-state index in [0.717, 1.165) is 23.4 Å². The lowest BCUT2D eigenvalue weighted by Gasteiger charge is -2.13. The Kier molecular flexibility index (Phi) is 3.99. The molecular weight excluding hydrogens is 228 g/mol. The number of aliphatic hydroxyl groups excluding tert-OH is 1. The molecule has 1 N–H and O–H groups in total. The zero-order valence-electron chi connectivity index (χ0n) is 10.7. The zero-order chi connectivity index (χ0) is 13.0. The molecule has 1 atom stereocenters. The van der Waals surface area contributed by atoms with Crippen molar-refractivity contribution in [1.82, 2.24) is 9.78 Å². The van der Waals surface area contributed by atoms with E-state index in [1.807, 2.05) is 42.1 Å². The smallest absolute Gasteiger partial charge is 0.125 e. The molecule has 0 aliphatic heterocycles. The van der Waals surface area contributed by atoms with Crippen LogP contribution in [0.15, 0.2) is 36.5 Å². The largest absolute Gasteiger partial charge is 0.493 e. The van der Waals surface area contributed by atoms with Crippen molar-refractivity contribution in [1.29, 1.82) is 0 Å². The van der Waals surface area contributed by atoms with Crippen molar-refractivity contribution in [2.24, 2.45) is 7.05 Å². The van der Waals surface area contributed by atoms with Gasteiger partial charge in [-0.15, -0.1) is 0 Å². The molecule has 0 radical (unpaired) electrons. The highest BCUT2D eigenvalue weighted by Gasteiger charge is 2.08. The van der Waals surface area contributed by atoms with Gasteiger partial charge in [0.05, 0.1) is 12.7 Å². The van der Waals surface area contributed by atoms with Gasteiger partial charge in [-0.05, 0) is 19.1 Å². The third-order valence-corrected chi connectivity index (χ3v) is 2.91. The number of rotatable bonds is 5. The Bertz CT molecular complexity index is 506. The Morgan fingerprint density at radius 1 is 1.33 bits per heavy atom. The second-order valence-electron chi connectivity index (χ2n) is 4.26. The maximum Gasteiger partial charge on any atom is 0.125 e. The lowest BCUT2D eigenvalue weighted by molar-refractivity contribution is 0.191. The van der Waals surface area contributed by atoms with Gasteiger partial charge in [-0.3, -0.25) is 4.68 Å². The molecule has 0 amide bonds. The van der Waals surface area contributed by atoms with Gasteiger partial charge in [-0.2, -0.15) is 5.10 Å². The topological polar surface area (TPSA) is 47.3 Å². The molecule has 1 aromatic carbocycles. The summed E-state index contributed by atoms with van der Waals surface area (Å²) in [6.07, 6.45) is 2.06. The van der Waals surface area contributed by atoms with Gasteiger partial charge in [-0.25, -0.2) is 0 Å². The average Bonchev–Trinajstić information content (AvgIpc) is 2.76. The van der Waals surface area contributed by atoms with Crippen molar-refractivity contribution < 1.29 is 9.84 Å². The van der Waals surface area contributed by atoms with Crippen LogP contribution in [0.2, 0.25) is 0 Å². The summed E-state index contributed by atoms with van der Waals surface area (Å²) in [7, 11) is 1.92. The molecule has 0 saturated carbocycles. The van der Waals surface area contributed by atoms with E-state index < -0.39 is 6.10 Å². The van der Waals surface area contributed by atoms with Gasteiger partial charge in [-0.1, -0.05) is 18.2 Å². The minimum atomic E-state index is -0.516. The van der Waals surface area contributed by atoms with Crippen LogP contribution in [-0.2, 0) is 13.5 Å². The van der Waals surface area contributed by atoms with E-state index in [1.165, 1.54) is 0 Å². The van der Waals surface area contributed by atoms with Crippen LogP contribution in [-0.4, -0.2) is 21.5 Å². The summed E-state index contributed by atoms with van der Waals surface area (Å²) < 4.78 is 7.56. The molecule has 1 aromatic heterocycles. The minimum absolute atomic E-state index is 0.516. The first kappa shape index (κ1) is 12.6. The fraction of sp³-hybridized carbons (Fsp3) is 0.357. The number of benzene rings is 1. The predicted octanol–water partition coefficient (Wildman–Crippen LogP) is 2.09. The summed E-state index contributed by atoms with van der Waals surface area (Å²) in [4.78, 5) is 0. The summed E-state index contributed by atoms with van der Waals surface area (Å²) in [6.45, 7) is 2.31.